The van der Waals surface area contributed by atoms with Crippen LogP contribution in [0.5, 0.6) is 0 Å². The van der Waals surface area contributed by atoms with Crippen molar-refractivity contribution >= 4 is 68.7 Å². The van der Waals surface area contributed by atoms with E-state index in [1.54, 1.807) is 23.0 Å². The summed E-state index contributed by atoms with van der Waals surface area (Å²) < 4.78 is 23.3. The largest absolute Gasteiger partial charge is 0.379 e. The molecule has 0 aliphatic heterocycles. The van der Waals surface area contributed by atoms with Gasteiger partial charge < -0.3 is 10.6 Å². The maximum absolute atomic E-state index is 13.7. The Morgan fingerprint density at radius 2 is 2.00 bits per heavy atom. The molecule has 0 spiro atoms. The van der Waals surface area contributed by atoms with Gasteiger partial charge in [0.2, 0.25) is 3.79 Å². The number of hydrogen-bond acceptors (Lipinski definition) is 6. The van der Waals surface area contributed by atoms with E-state index in [1.165, 1.54) is 30.5 Å². The van der Waals surface area contributed by atoms with E-state index < -0.39 is 15.6 Å². The predicted octanol–water partition coefficient (Wildman–Crippen LogP) is 6.81. The van der Waals surface area contributed by atoms with Crippen molar-refractivity contribution in [2.75, 3.05) is 17.2 Å². The summed E-state index contributed by atoms with van der Waals surface area (Å²) in [5.74, 6) is -0.429. The van der Waals surface area contributed by atoms with Gasteiger partial charge >= 0.3 is 0 Å². The smallest absolute Gasteiger partial charge is 0.207 e. The van der Waals surface area contributed by atoms with E-state index in [0.717, 1.165) is 12.8 Å². The minimum Gasteiger partial charge on any atom is -0.379 e. The molecule has 1 atom stereocenters. The maximum Gasteiger partial charge on any atom is 0.207 e. The average molecular weight is 566 g/mol. The molecule has 1 aliphatic rings. The number of halogens is 5. The summed E-state index contributed by atoms with van der Waals surface area (Å²) >= 11 is 24.3. The van der Waals surface area contributed by atoms with Gasteiger partial charge in [-0.1, -0.05) is 63.7 Å². The van der Waals surface area contributed by atoms with Gasteiger partial charge in [0.25, 0.3) is 0 Å². The van der Waals surface area contributed by atoms with Crippen LogP contribution in [0.3, 0.4) is 0 Å². The van der Waals surface area contributed by atoms with Gasteiger partial charge in [0, 0.05) is 17.3 Å². The van der Waals surface area contributed by atoms with Crippen LogP contribution in [-0.2, 0) is 0 Å². The number of alkyl halides is 3. The molecule has 2 aromatic heterocycles. The molecule has 7 nitrogen and oxygen atoms in total. The standard InChI is InChI=1S/C24H18Cl4FN7/c25-19-8-16(7-18-21(32-12-24(26,27)28)14(9-30)10-31-23(18)19)33-22(13-1-3-15(29)4-2-13)20-11-36(35-34-20)17-5-6-17/h1-4,7-8,10-11,17,22,33H,5-6,12H2,(H,31,32)/i22D. The normalized spacial score (nSPS) is 15.7. The molecular formula is C24H18Cl4FN7. The molecule has 0 amide bonds. The lowest BCUT2D eigenvalue weighted by Crippen LogP contribution is -2.18. The molecule has 1 fully saturated rings. The quantitative estimate of drug-likeness (QED) is 0.239. The van der Waals surface area contributed by atoms with Crippen molar-refractivity contribution in [1.82, 2.24) is 20.0 Å². The third-order valence-corrected chi connectivity index (χ3v) is 6.29. The van der Waals surface area contributed by atoms with Crippen LogP contribution in [0.15, 0.2) is 48.8 Å². The molecule has 36 heavy (non-hydrogen) atoms. The molecule has 4 aromatic rings. The first kappa shape index (κ1) is 23.6. The highest BCUT2D eigenvalue weighted by Gasteiger charge is 2.27. The molecule has 12 heteroatoms. The van der Waals surface area contributed by atoms with E-state index in [1.807, 2.05) is 0 Å². The molecule has 1 aliphatic carbocycles. The summed E-state index contributed by atoms with van der Waals surface area (Å²) in [6, 6.07) is 9.57. The lowest BCUT2D eigenvalue weighted by molar-refractivity contribution is 0.610. The van der Waals surface area contributed by atoms with Crippen molar-refractivity contribution in [1.29, 1.82) is 5.26 Å². The summed E-state index contributed by atoms with van der Waals surface area (Å²) in [6.45, 7) is -0.0804. The number of pyridine rings is 1. The number of aromatic nitrogens is 4. The molecule has 184 valence electrons. The van der Waals surface area contributed by atoms with Crippen LogP contribution in [0.2, 0.25) is 5.02 Å². The highest BCUT2D eigenvalue weighted by molar-refractivity contribution is 6.67. The first-order chi connectivity index (χ1) is 17.6. The van der Waals surface area contributed by atoms with E-state index in [4.69, 9.17) is 46.4 Å². The predicted molar refractivity (Wildman–Crippen MR) is 140 cm³/mol. The monoisotopic (exact) mass is 564 g/mol. The molecule has 2 heterocycles. The fourth-order valence-electron chi connectivity index (χ4n) is 3.75. The van der Waals surface area contributed by atoms with Gasteiger partial charge in [0.1, 0.15) is 17.6 Å². The van der Waals surface area contributed by atoms with Gasteiger partial charge in [-0.3, -0.25) is 4.98 Å². The van der Waals surface area contributed by atoms with Crippen molar-refractivity contribution in [2.24, 2.45) is 0 Å². The van der Waals surface area contributed by atoms with Gasteiger partial charge in [-0.25, -0.2) is 9.07 Å². The Morgan fingerprint density at radius 3 is 2.67 bits per heavy atom. The first-order valence-electron chi connectivity index (χ1n) is 11.4. The Hall–Kier alpha value is -2.83. The zero-order valence-electron chi connectivity index (χ0n) is 19.4. The fraction of sp³-hybridized carbons (Fsp3) is 0.250. The molecule has 0 radical (unpaired) electrons. The van der Waals surface area contributed by atoms with Crippen LogP contribution in [0.1, 0.15) is 43.1 Å². The zero-order chi connectivity index (χ0) is 26.4. The second-order valence-electron chi connectivity index (χ2n) is 8.30. The minimum absolute atomic E-state index is 0.0804. The highest BCUT2D eigenvalue weighted by atomic mass is 35.6. The van der Waals surface area contributed by atoms with E-state index in [0.29, 0.717) is 33.5 Å². The Bertz CT molecular complexity index is 1510. The van der Waals surface area contributed by atoms with E-state index in [-0.39, 0.29) is 23.2 Å². The van der Waals surface area contributed by atoms with Crippen LogP contribution in [0, 0.1) is 17.1 Å². The van der Waals surface area contributed by atoms with Crippen molar-refractivity contribution in [3.05, 3.63) is 76.5 Å². The molecule has 1 unspecified atom stereocenters. The number of hydrogen-bond donors (Lipinski definition) is 2. The molecular weight excluding hydrogens is 547 g/mol. The summed E-state index contributed by atoms with van der Waals surface area (Å²) in [4.78, 5) is 4.31. The Morgan fingerprint density at radius 1 is 1.25 bits per heavy atom. The highest BCUT2D eigenvalue weighted by Crippen LogP contribution is 2.38. The van der Waals surface area contributed by atoms with Crippen LogP contribution < -0.4 is 10.6 Å². The molecule has 0 bridgehead atoms. The summed E-state index contributed by atoms with van der Waals surface area (Å²) in [6.07, 6.45) is 5.09. The number of fused-ring (bicyclic) bond motifs is 1. The maximum atomic E-state index is 13.7. The number of anilines is 2. The number of nitrogens with zero attached hydrogens (tertiary/aromatic N) is 5. The van der Waals surface area contributed by atoms with Crippen molar-refractivity contribution < 1.29 is 5.76 Å². The lowest BCUT2D eigenvalue weighted by atomic mass is 10.0. The summed E-state index contributed by atoms with van der Waals surface area (Å²) in [7, 11) is 0. The van der Waals surface area contributed by atoms with Gasteiger partial charge in [0.05, 0.1) is 48.0 Å². The van der Waals surface area contributed by atoms with Crippen molar-refractivity contribution in [3.63, 3.8) is 0 Å². The number of nitrogens with one attached hydrogen (secondary N) is 2. The Kier molecular flexibility index (Phi) is 6.48. The topological polar surface area (TPSA) is 91.5 Å². The van der Waals surface area contributed by atoms with Crippen LogP contribution >= 0.6 is 46.4 Å². The van der Waals surface area contributed by atoms with Gasteiger partial charge in [-0.15, -0.1) is 5.10 Å². The molecule has 5 rings (SSSR count). The zero-order valence-corrected chi connectivity index (χ0v) is 21.5. The number of rotatable bonds is 7. The third-order valence-electron chi connectivity index (χ3n) is 5.60. The minimum atomic E-state index is -1.65. The molecule has 0 saturated heterocycles. The second kappa shape index (κ2) is 9.91. The Labute approximate surface area is 227 Å². The summed E-state index contributed by atoms with van der Waals surface area (Å²) in [5.41, 5.74) is 2.19. The van der Waals surface area contributed by atoms with E-state index in [2.05, 4.69) is 32.0 Å². The van der Waals surface area contributed by atoms with Crippen molar-refractivity contribution in [3.8, 4) is 6.07 Å². The van der Waals surface area contributed by atoms with E-state index in [9.17, 15) is 11.0 Å². The molecule has 2 aromatic carbocycles. The van der Waals surface area contributed by atoms with Crippen LogP contribution in [0.4, 0.5) is 15.8 Å². The van der Waals surface area contributed by atoms with Crippen LogP contribution in [0.25, 0.3) is 10.9 Å². The van der Waals surface area contributed by atoms with E-state index >= 15 is 0 Å². The average Bonchev–Trinajstić information content (AvgIpc) is 3.58. The molecule has 1 saturated carbocycles. The number of nitriles is 1. The SMILES string of the molecule is [2H]C(Nc1cc(Cl)c2ncc(C#N)c(NCC(Cl)(Cl)Cl)c2c1)(c1ccc(F)cc1)c1cn(C2CC2)nn1. The third kappa shape index (κ3) is 5.45. The van der Waals surface area contributed by atoms with Gasteiger partial charge in [-0.05, 0) is 42.7 Å². The Balaban J connectivity index is 1.62. The molecule has 2 N–H and O–H groups in total. The van der Waals surface area contributed by atoms with Gasteiger partial charge in [-0.2, -0.15) is 5.26 Å². The first-order valence-corrected chi connectivity index (χ1v) is 12.4. The van der Waals surface area contributed by atoms with Crippen molar-refractivity contribution in [2.45, 2.75) is 28.7 Å². The number of benzene rings is 2. The summed E-state index contributed by atoms with van der Waals surface area (Å²) in [5, 5.41) is 25.0. The fourth-order valence-corrected chi connectivity index (χ4v) is 4.22. The van der Waals surface area contributed by atoms with Crippen LogP contribution in [-0.4, -0.2) is 30.3 Å². The second-order valence-corrected chi connectivity index (χ2v) is 11.2. The lowest BCUT2D eigenvalue weighted by Gasteiger charge is -2.20. The van der Waals surface area contributed by atoms with Gasteiger partial charge in [0.15, 0.2) is 0 Å².